The number of nitrogens with zero attached hydrogens (tertiary/aromatic N) is 1. The molecule has 1 heterocycles. The van der Waals surface area contributed by atoms with Crippen molar-refractivity contribution in [2.24, 2.45) is 17.8 Å². The van der Waals surface area contributed by atoms with E-state index >= 15 is 0 Å². The van der Waals surface area contributed by atoms with Crippen molar-refractivity contribution in [3.8, 4) is 0 Å². The number of benzene rings is 1. The van der Waals surface area contributed by atoms with Gasteiger partial charge >= 0.3 is 0 Å². The third-order valence-corrected chi connectivity index (χ3v) is 5.83. The number of hydrogen-bond acceptors (Lipinski definition) is 3. The van der Waals surface area contributed by atoms with Crippen molar-refractivity contribution in [3.63, 3.8) is 0 Å². The number of amides is 3. The van der Waals surface area contributed by atoms with Gasteiger partial charge in [-0.2, -0.15) is 0 Å². The van der Waals surface area contributed by atoms with Gasteiger partial charge in [0.1, 0.15) is 6.04 Å². The molecular weight excluding hydrogens is 378 g/mol. The van der Waals surface area contributed by atoms with Gasteiger partial charge in [0.2, 0.25) is 17.7 Å². The van der Waals surface area contributed by atoms with Crippen LogP contribution in [0.5, 0.6) is 0 Å². The highest BCUT2D eigenvalue weighted by atomic mass is 16.2. The summed E-state index contributed by atoms with van der Waals surface area (Å²) in [6, 6.07) is 8.81. The molecule has 2 N–H and O–H groups in total. The lowest BCUT2D eigenvalue weighted by Gasteiger charge is -2.34. The maximum Gasteiger partial charge on any atom is 0.249 e. The molecular formula is C24H37N3O3. The van der Waals surface area contributed by atoms with Crippen molar-refractivity contribution in [1.82, 2.24) is 15.5 Å². The molecule has 1 saturated heterocycles. The van der Waals surface area contributed by atoms with Crippen LogP contribution in [-0.2, 0) is 14.4 Å². The Labute approximate surface area is 180 Å². The zero-order valence-corrected chi connectivity index (χ0v) is 19.0. The van der Waals surface area contributed by atoms with E-state index in [4.69, 9.17) is 0 Å². The molecule has 0 bridgehead atoms. The summed E-state index contributed by atoms with van der Waals surface area (Å²) in [4.78, 5) is 40.0. The van der Waals surface area contributed by atoms with Gasteiger partial charge in [0.15, 0.2) is 0 Å². The Kier molecular flexibility index (Phi) is 8.88. The van der Waals surface area contributed by atoms with Crippen molar-refractivity contribution in [2.75, 3.05) is 13.1 Å². The van der Waals surface area contributed by atoms with Crippen LogP contribution in [0.25, 0.3) is 0 Å². The standard InChI is InChI=1S/C24H37N3O3/c1-16(2)15-21(28)26-22(19-9-7-6-8-10-19)24(30)27-13-11-20(12-14-27)23(29)25-18(5)17(3)4/h6-10,16-18,20,22H,11-15H2,1-5H3,(H,25,29)(H,26,28). The monoisotopic (exact) mass is 415 g/mol. The molecule has 0 aliphatic carbocycles. The predicted molar refractivity (Wildman–Crippen MR) is 119 cm³/mol. The van der Waals surface area contributed by atoms with Crippen molar-refractivity contribution >= 4 is 17.7 Å². The van der Waals surface area contributed by atoms with Gasteiger partial charge in [0, 0.05) is 31.5 Å². The number of carbonyl (C=O) groups excluding carboxylic acids is 3. The molecule has 3 amide bonds. The summed E-state index contributed by atoms with van der Waals surface area (Å²) in [7, 11) is 0. The van der Waals surface area contributed by atoms with Crippen LogP contribution in [0.2, 0.25) is 0 Å². The van der Waals surface area contributed by atoms with Gasteiger partial charge in [-0.1, -0.05) is 58.0 Å². The van der Waals surface area contributed by atoms with E-state index in [0.717, 1.165) is 5.56 Å². The Balaban J connectivity index is 2.01. The Morgan fingerprint density at radius 2 is 1.57 bits per heavy atom. The predicted octanol–water partition coefficient (Wildman–Crippen LogP) is 3.29. The lowest BCUT2D eigenvalue weighted by molar-refractivity contribution is -0.139. The lowest BCUT2D eigenvalue weighted by atomic mass is 9.94. The number of likely N-dealkylation sites (tertiary alicyclic amines) is 1. The molecule has 6 heteroatoms. The first-order valence-electron chi connectivity index (χ1n) is 11.1. The third kappa shape index (κ3) is 6.85. The fourth-order valence-corrected chi connectivity index (χ4v) is 3.58. The number of carbonyl (C=O) groups is 3. The summed E-state index contributed by atoms with van der Waals surface area (Å²) < 4.78 is 0. The van der Waals surface area contributed by atoms with Gasteiger partial charge in [-0.15, -0.1) is 0 Å². The first-order valence-corrected chi connectivity index (χ1v) is 11.1. The summed E-state index contributed by atoms with van der Waals surface area (Å²) >= 11 is 0. The SMILES string of the molecule is CC(C)CC(=O)NC(C(=O)N1CCC(C(=O)NC(C)C(C)C)CC1)c1ccccc1. The van der Waals surface area contributed by atoms with E-state index in [9.17, 15) is 14.4 Å². The van der Waals surface area contributed by atoms with Gasteiger partial charge < -0.3 is 15.5 Å². The maximum atomic E-state index is 13.3. The van der Waals surface area contributed by atoms with Crippen LogP contribution in [0.1, 0.15) is 65.5 Å². The Morgan fingerprint density at radius 1 is 0.967 bits per heavy atom. The fraction of sp³-hybridized carbons (Fsp3) is 0.625. The number of hydrogen-bond donors (Lipinski definition) is 2. The molecule has 1 aromatic rings. The molecule has 1 aromatic carbocycles. The summed E-state index contributed by atoms with van der Waals surface area (Å²) in [5.74, 6) is 0.390. The Bertz CT molecular complexity index is 710. The molecule has 2 atom stereocenters. The van der Waals surface area contributed by atoms with Crippen molar-refractivity contribution < 1.29 is 14.4 Å². The van der Waals surface area contributed by atoms with E-state index in [2.05, 4.69) is 24.5 Å². The molecule has 0 saturated carbocycles. The fourth-order valence-electron chi connectivity index (χ4n) is 3.58. The van der Waals surface area contributed by atoms with Crippen molar-refractivity contribution in [1.29, 1.82) is 0 Å². The van der Waals surface area contributed by atoms with Crippen LogP contribution >= 0.6 is 0 Å². The molecule has 1 fully saturated rings. The molecule has 30 heavy (non-hydrogen) atoms. The molecule has 0 aromatic heterocycles. The summed E-state index contributed by atoms with van der Waals surface area (Å²) in [6.45, 7) is 11.2. The molecule has 1 aliphatic rings. The van der Waals surface area contributed by atoms with Gasteiger partial charge in [-0.05, 0) is 37.2 Å². The smallest absolute Gasteiger partial charge is 0.249 e. The minimum atomic E-state index is -0.691. The summed E-state index contributed by atoms with van der Waals surface area (Å²) in [6.07, 6.45) is 1.67. The minimum Gasteiger partial charge on any atom is -0.353 e. The van der Waals surface area contributed by atoms with E-state index < -0.39 is 6.04 Å². The van der Waals surface area contributed by atoms with E-state index in [-0.39, 0.29) is 35.6 Å². The minimum absolute atomic E-state index is 0.0686. The average Bonchev–Trinajstić information content (AvgIpc) is 2.71. The second-order valence-electron chi connectivity index (χ2n) is 9.15. The molecule has 1 aliphatic heterocycles. The van der Waals surface area contributed by atoms with Crippen LogP contribution in [0.4, 0.5) is 0 Å². The molecule has 2 rings (SSSR count). The van der Waals surface area contributed by atoms with Gasteiger partial charge in [-0.25, -0.2) is 0 Å². The zero-order valence-electron chi connectivity index (χ0n) is 19.0. The zero-order chi connectivity index (χ0) is 22.3. The molecule has 6 nitrogen and oxygen atoms in total. The van der Waals surface area contributed by atoms with E-state index in [1.54, 1.807) is 4.90 Å². The second-order valence-corrected chi connectivity index (χ2v) is 9.15. The average molecular weight is 416 g/mol. The molecule has 2 unspecified atom stereocenters. The maximum absolute atomic E-state index is 13.3. The lowest BCUT2D eigenvalue weighted by Crippen LogP contribution is -2.49. The Hall–Kier alpha value is -2.37. The number of rotatable bonds is 8. The highest BCUT2D eigenvalue weighted by Gasteiger charge is 2.32. The largest absolute Gasteiger partial charge is 0.353 e. The van der Waals surface area contributed by atoms with Crippen molar-refractivity contribution in [2.45, 2.75) is 66.0 Å². The summed E-state index contributed by atoms with van der Waals surface area (Å²) in [5, 5.41) is 6.01. The number of piperidine rings is 1. The van der Waals surface area contributed by atoms with Crippen LogP contribution in [-0.4, -0.2) is 41.8 Å². The first-order chi connectivity index (χ1) is 14.2. The number of nitrogens with one attached hydrogen (secondary N) is 2. The third-order valence-electron chi connectivity index (χ3n) is 5.83. The van der Waals surface area contributed by atoms with Crippen LogP contribution < -0.4 is 10.6 Å². The molecule has 166 valence electrons. The van der Waals surface area contributed by atoms with Crippen LogP contribution in [0, 0.1) is 17.8 Å². The quantitative estimate of drug-likeness (QED) is 0.684. The van der Waals surface area contributed by atoms with E-state index in [0.29, 0.717) is 38.3 Å². The van der Waals surface area contributed by atoms with Gasteiger partial charge in [0.05, 0.1) is 0 Å². The second kappa shape index (κ2) is 11.1. The van der Waals surface area contributed by atoms with Crippen LogP contribution in [0.3, 0.4) is 0 Å². The highest BCUT2D eigenvalue weighted by Crippen LogP contribution is 2.23. The Morgan fingerprint density at radius 3 is 2.10 bits per heavy atom. The van der Waals surface area contributed by atoms with E-state index in [1.165, 1.54) is 0 Å². The first kappa shape index (κ1) is 23.9. The topological polar surface area (TPSA) is 78.5 Å². The van der Waals surface area contributed by atoms with Crippen LogP contribution in [0.15, 0.2) is 30.3 Å². The van der Waals surface area contributed by atoms with Gasteiger partial charge in [-0.3, -0.25) is 14.4 Å². The summed E-state index contributed by atoms with van der Waals surface area (Å²) in [5.41, 5.74) is 0.783. The van der Waals surface area contributed by atoms with Crippen molar-refractivity contribution in [3.05, 3.63) is 35.9 Å². The normalized spacial score (nSPS) is 17.0. The van der Waals surface area contributed by atoms with E-state index in [1.807, 2.05) is 51.1 Å². The molecule has 0 radical (unpaired) electrons. The van der Waals surface area contributed by atoms with Gasteiger partial charge in [0.25, 0.3) is 0 Å². The highest BCUT2D eigenvalue weighted by molar-refractivity contribution is 5.89. The molecule has 0 spiro atoms.